The molecule has 0 aliphatic carbocycles. The van der Waals surface area contributed by atoms with Crippen LogP contribution in [0.3, 0.4) is 0 Å². The van der Waals surface area contributed by atoms with Crippen LogP contribution in [0.25, 0.3) is 6.08 Å². The minimum atomic E-state index is -1.09. The van der Waals surface area contributed by atoms with Gasteiger partial charge in [-0.3, -0.25) is 9.48 Å². The van der Waals surface area contributed by atoms with E-state index in [4.69, 9.17) is 23.2 Å². The Bertz CT molecular complexity index is 772. The summed E-state index contributed by atoms with van der Waals surface area (Å²) < 4.78 is 1.56. The second kappa shape index (κ2) is 8.52. The van der Waals surface area contributed by atoms with Crippen LogP contribution in [0.1, 0.15) is 18.4 Å². The predicted molar refractivity (Wildman–Crippen MR) is 90.6 cm³/mol. The maximum Gasteiger partial charge on any atom is 0.248 e. The molecule has 2 rings (SSSR count). The SMILES string of the molecule is O=C([O-])CCCn1cc(NC(=O)/C=C/c2ccc(Cl)c(Cl)c2)cn1. The lowest BCUT2D eigenvalue weighted by Crippen LogP contribution is -2.22. The van der Waals surface area contributed by atoms with Crippen molar-refractivity contribution < 1.29 is 14.7 Å². The zero-order chi connectivity index (χ0) is 17.5. The molecule has 1 amide bonds. The Morgan fingerprint density at radius 1 is 1.29 bits per heavy atom. The fourth-order valence-corrected chi connectivity index (χ4v) is 2.21. The summed E-state index contributed by atoms with van der Waals surface area (Å²) in [4.78, 5) is 22.2. The fraction of sp³-hybridized carbons (Fsp3) is 0.188. The molecule has 0 aliphatic rings. The zero-order valence-electron chi connectivity index (χ0n) is 12.5. The van der Waals surface area contributed by atoms with E-state index in [1.807, 2.05) is 0 Å². The lowest BCUT2D eigenvalue weighted by molar-refractivity contribution is -0.305. The summed E-state index contributed by atoms with van der Waals surface area (Å²) in [5.41, 5.74) is 1.27. The smallest absolute Gasteiger partial charge is 0.248 e. The number of hydrogen-bond donors (Lipinski definition) is 1. The summed E-state index contributed by atoms with van der Waals surface area (Å²) in [6.07, 6.45) is 6.47. The number of rotatable bonds is 7. The van der Waals surface area contributed by atoms with Crippen LogP contribution >= 0.6 is 23.2 Å². The van der Waals surface area contributed by atoms with Gasteiger partial charge in [0.25, 0.3) is 0 Å². The number of carbonyl (C=O) groups excluding carboxylic acids is 2. The van der Waals surface area contributed by atoms with Crippen molar-refractivity contribution in [3.05, 3.63) is 52.3 Å². The zero-order valence-corrected chi connectivity index (χ0v) is 14.0. The first kappa shape index (κ1) is 18.0. The highest BCUT2D eigenvalue weighted by molar-refractivity contribution is 6.42. The van der Waals surface area contributed by atoms with Crippen LogP contribution in [0, 0.1) is 0 Å². The topological polar surface area (TPSA) is 87.0 Å². The first-order chi connectivity index (χ1) is 11.4. The van der Waals surface area contributed by atoms with Crippen molar-refractivity contribution in [1.82, 2.24) is 9.78 Å². The van der Waals surface area contributed by atoms with E-state index >= 15 is 0 Å². The van der Waals surface area contributed by atoms with E-state index < -0.39 is 5.97 Å². The first-order valence-electron chi connectivity index (χ1n) is 7.10. The van der Waals surface area contributed by atoms with Crippen LogP contribution in [0.5, 0.6) is 0 Å². The molecule has 0 bridgehead atoms. The van der Waals surface area contributed by atoms with Crippen LogP contribution in [0.15, 0.2) is 36.7 Å². The number of aromatic nitrogens is 2. The summed E-state index contributed by atoms with van der Waals surface area (Å²) >= 11 is 11.7. The number of hydrogen-bond acceptors (Lipinski definition) is 4. The normalized spacial score (nSPS) is 10.9. The van der Waals surface area contributed by atoms with Gasteiger partial charge in [-0.2, -0.15) is 5.10 Å². The molecule has 0 atom stereocenters. The van der Waals surface area contributed by atoms with E-state index in [0.29, 0.717) is 28.7 Å². The number of carbonyl (C=O) groups is 2. The number of aliphatic carboxylic acids is 1. The fourth-order valence-electron chi connectivity index (χ4n) is 1.91. The van der Waals surface area contributed by atoms with E-state index in [-0.39, 0.29) is 12.3 Å². The van der Waals surface area contributed by atoms with Crippen molar-refractivity contribution in [2.75, 3.05) is 5.32 Å². The van der Waals surface area contributed by atoms with Gasteiger partial charge in [-0.05, 0) is 36.6 Å². The Morgan fingerprint density at radius 2 is 2.08 bits per heavy atom. The molecule has 1 heterocycles. The number of carboxylic acids is 1. The van der Waals surface area contributed by atoms with Gasteiger partial charge in [-0.1, -0.05) is 29.3 Å². The molecule has 0 saturated heterocycles. The lowest BCUT2D eigenvalue weighted by atomic mass is 10.2. The number of nitrogens with one attached hydrogen (secondary N) is 1. The van der Waals surface area contributed by atoms with Gasteiger partial charge < -0.3 is 15.2 Å². The minimum Gasteiger partial charge on any atom is -0.550 e. The Labute approximate surface area is 148 Å². The van der Waals surface area contributed by atoms with Crippen LogP contribution in [-0.2, 0) is 16.1 Å². The summed E-state index contributed by atoms with van der Waals surface area (Å²) in [5, 5.41) is 17.9. The largest absolute Gasteiger partial charge is 0.550 e. The Balaban J connectivity index is 1.87. The molecule has 0 aliphatic heterocycles. The molecule has 1 aromatic heterocycles. The molecular weight excluding hydrogens is 353 g/mol. The molecule has 0 unspecified atom stereocenters. The standard InChI is InChI=1S/C16H15Cl2N3O3/c17-13-5-3-11(8-14(13)18)4-6-15(22)20-12-9-19-21(10-12)7-1-2-16(23)24/h3-6,8-10H,1-2,7H2,(H,20,22)(H,23,24)/p-1/b6-4+. The number of halogens is 2. The van der Waals surface area contributed by atoms with Gasteiger partial charge >= 0.3 is 0 Å². The molecule has 0 spiro atoms. The molecule has 1 N–H and O–H groups in total. The Morgan fingerprint density at radius 3 is 2.79 bits per heavy atom. The predicted octanol–water partition coefficient (Wildman–Crippen LogP) is 2.37. The number of nitrogens with zero attached hydrogens (tertiary/aromatic N) is 2. The van der Waals surface area contributed by atoms with Crippen molar-refractivity contribution in [3.63, 3.8) is 0 Å². The molecule has 1 aromatic carbocycles. The lowest BCUT2D eigenvalue weighted by Gasteiger charge is -2.02. The van der Waals surface area contributed by atoms with Crippen LogP contribution in [0.4, 0.5) is 5.69 Å². The number of benzene rings is 1. The first-order valence-corrected chi connectivity index (χ1v) is 7.86. The van der Waals surface area contributed by atoms with Gasteiger partial charge in [-0.25, -0.2) is 0 Å². The number of aryl methyl sites for hydroxylation is 1. The van der Waals surface area contributed by atoms with Gasteiger partial charge in [0, 0.05) is 24.8 Å². The molecular formula is C16H14Cl2N3O3-. The molecule has 0 saturated carbocycles. The van der Waals surface area contributed by atoms with Crippen LogP contribution in [0.2, 0.25) is 10.0 Å². The van der Waals surface area contributed by atoms with Crippen molar-refractivity contribution in [2.24, 2.45) is 0 Å². The number of anilines is 1. The summed E-state index contributed by atoms with van der Waals surface area (Å²) in [6, 6.07) is 5.05. The molecule has 0 fully saturated rings. The van der Waals surface area contributed by atoms with Gasteiger partial charge in [0.05, 0.1) is 21.9 Å². The van der Waals surface area contributed by atoms with E-state index in [1.54, 1.807) is 35.2 Å². The average Bonchev–Trinajstić information content (AvgIpc) is 2.95. The highest BCUT2D eigenvalue weighted by Crippen LogP contribution is 2.23. The average molecular weight is 367 g/mol. The Hall–Kier alpha value is -2.31. The van der Waals surface area contributed by atoms with E-state index in [2.05, 4.69) is 10.4 Å². The third-order valence-electron chi connectivity index (χ3n) is 3.04. The van der Waals surface area contributed by atoms with Gasteiger partial charge in [0.1, 0.15) is 0 Å². The van der Waals surface area contributed by atoms with Crippen LogP contribution < -0.4 is 10.4 Å². The molecule has 24 heavy (non-hydrogen) atoms. The van der Waals surface area contributed by atoms with E-state index in [1.165, 1.54) is 12.3 Å². The second-order valence-corrected chi connectivity index (χ2v) is 5.78. The molecule has 8 heteroatoms. The van der Waals surface area contributed by atoms with E-state index in [9.17, 15) is 14.7 Å². The van der Waals surface area contributed by atoms with Crippen molar-refractivity contribution in [2.45, 2.75) is 19.4 Å². The van der Waals surface area contributed by atoms with Crippen molar-refractivity contribution in [3.8, 4) is 0 Å². The highest BCUT2D eigenvalue weighted by Gasteiger charge is 2.02. The summed E-state index contributed by atoms with van der Waals surface area (Å²) in [5.74, 6) is -1.42. The summed E-state index contributed by atoms with van der Waals surface area (Å²) in [7, 11) is 0. The quantitative estimate of drug-likeness (QED) is 0.762. The maximum absolute atomic E-state index is 11.9. The van der Waals surface area contributed by atoms with Crippen molar-refractivity contribution >= 4 is 46.8 Å². The Kier molecular flexibility index (Phi) is 6.40. The molecule has 2 aromatic rings. The minimum absolute atomic E-state index is 0.0338. The van der Waals surface area contributed by atoms with Gasteiger partial charge in [0.15, 0.2) is 0 Å². The summed E-state index contributed by atoms with van der Waals surface area (Å²) in [6.45, 7) is 0.433. The highest BCUT2D eigenvalue weighted by atomic mass is 35.5. The number of carboxylic acid groups (broad SMARTS) is 1. The van der Waals surface area contributed by atoms with Crippen LogP contribution in [-0.4, -0.2) is 21.7 Å². The third-order valence-corrected chi connectivity index (χ3v) is 3.78. The van der Waals surface area contributed by atoms with Crippen molar-refractivity contribution in [1.29, 1.82) is 0 Å². The molecule has 126 valence electrons. The monoisotopic (exact) mass is 366 g/mol. The van der Waals surface area contributed by atoms with Gasteiger partial charge in [0.2, 0.25) is 5.91 Å². The second-order valence-electron chi connectivity index (χ2n) is 4.96. The van der Waals surface area contributed by atoms with Gasteiger partial charge in [-0.15, -0.1) is 0 Å². The number of amides is 1. The van der Waals surface area contributed by atoms with E-state index in [0.717, 1.165) is 5.56 Å². The molecule has 0 radical (unpaired) electrons. The molecule has 6 nitrogen and oxygen atoms in total. The third kappa shape index (κ3) is 5.72. The maximum atomic E-state index is 11.9.